The molecule has 0 bridgehead atoms. The van der Waals surface area contributed by atoms with Gasteiger partial charge in [0.2, 0.25) is 0 Å². The Balaban J connectivity index is 2.05. The Morgan fingerprint density at radius 1 is 1.06 bits per heavy atom. The molecule has 0 aromatic heterocycles. The summed E-state index contributed by atoms with van der Waals surface area (Å²) in [6, 6.07) is 6.00. The van der Waals surface area contributed by atoms with Crippen LogP contribution in [0.2, 0.25) is 0 Å². The van der Waals surface area contributed by atoms with E-state index in [2.05, 4.69) is 13.8 Å². The molecular weight excluding hydrogens is 207 g/mol. The highest BCUT2D eigenvalue weighted by Gasteiger charge is 1.96. The molecule has 0 aliphatic carbocycles. The van der Waals surface area contributed by atoms with Crippen LogP contribution in [0.1, 0.15) is 20.3 Å². The van der Waals surface area contributed by atoms with Crippen molar-refractivity contribution in [1.82, 2.24) is 0 Å². The first kappa shape index (κ1) is 13.0. The number of benzene rings is 1. The van der Waals surface area contributed by atoms with Gasteiger partial charge in [0.25, 0.3) is 0 Å². The Labute approximate surface area is 96.4 Å². The van der Waals surface area contributed by atoms with Crippen molar-refractivity contribution < 1.29 is 13.9 Å². The first-order chi connectivity index (χ1) is 7.68. The first-order valence-electron chi connectivity index (χ1n) is 5.64. The molecule has 0 atom stereocenters. The van der Waals surface area contributed by atoms with Crippen LogP contribution in [-0.4, -0.2) is 19.8 Å². The second kappa shape index (κ2) is 7.23. The van der Waals surface area contributed by atoms with Gasteiger partial charge in [0.05, 0.1) is 6.61 Å². The lowest BCUT2D eigenvalue weighted by Gasteiger charge is -2.08. The summed E-state index contributed by atoms with van der Waals surface area (Å²) >= 11 is 0. The van der Waals surface area contributed by atoms with Crippen molar-refractivity contribution in [1.29, 1.82) is 0 Å². The van der Waals surface area contributed by atoms with E-state index < -0.39 is 0 Å². The van der Waals surface area contributed by atoms with Crippen LogP contribution in [0.25, 0.3) is 0 Å². The second-order valence-electron chi connectivity index (χ2n) is 4.10. The number of rotatable bonds is 7. The average Bonchev–Trinajstić information content (AvgIpc) is 2.25. The van der Waals surface area contributed by atoms with Crippen LogP contribution in [0.4, 0.5) is 4.39 Å². The van der Waals surface area contributed by atoms with E-state index in [-0.39, 0.29) is 5.82 Å². The van der Waals surface area contributed by atoms with Crippen molar-refractivity contribution in [2.45, 2.75) is 20.3 Å². The van der Waals surface area contributed by atoms with Gasteiger partial charge in [-0.05, 0) is 36.6 Å². The van der Waals surface area contributed by atoms with Gasteiger partial charge in [-0.2, -0.15) is 0 Å². The van der Waals surface area contributed by atoms with Gasteiger partial charge in [0.1, 0.15) is 18.2 Å². The Kier molecular flexibility index (Phi) is 5.86. The second-order valence-corrected chi connectivity index (χ2v) is 4.10. The molecule has 1 aromatic rings. The van der Waals surface area contributed by atoms with Crippen LogP contribution in [0.5, 0.6) is 5.75 Å². The Hall–Kier alpha value is -1.09. The third-order valence-electron chi connectivity index (χ3n) is 2.15. The van der Waals surface area contributed by atoms with Crippen LogP contribution in [0.3, 0.4) is 0 Å². The summed E-state index contributed by atoms with van der Waals surface area (Å²) in [7, 11) is 0. The fraction of sp³-hybridized carbons (Fsp3) is 0.538. The summed E-state index contributed by atoms with van der Waals surface area (Å²) in [4.78, 5) is 0. The van der Waals surface area contributed by atoms with Crippen molar-refractivity contribution in [3.8, 4) is 5.75 Å². The summed E-state index contributed by atoms with van der Waals surface area (Å²) in [6.07, 6.45) is 1.07. The minimum Gasteiger partial charge on any atom is -0.491 e. The standard InChI is InChI=1S/C13H19FO2/c1-11(2)7-8-15-9-10-16-13-5-3-12(14)4-6-13/h3-6,11H,7-10H2,1-2H3. The van der Waals surface area contributed by atoms with Gasteiger partial charge in [-0.25, -0.2) is 4.39 Å². The maximum Gasteiger partial charge on any atom is 0.123 e. The lowest BCUT2D eigenvalue weighted by atomic mass is 10.1. The molecule has 1 rings (SSSR count). The van der Waals surface area contributed by atoms with E-state index in [1.165, 1.54) is 12.1 Å². The molecule has 0 saturated carbocycles. The molecule has 1 aromatic carbocycles. The SMILES string of the molecule is CC(C)CCOCCOc1ccc(F)cc1. The maximum absolute atomic E-state index is 12.6. The Bertz CT molecular complexity index is 282. The molecule has 16 heavy (non-hydrogen) atoms. The van der Waals surface area contributed by atoms with Crippen LogP contribution in [0, 0.1) is 11.7 Å². The normalized spacial score (nSPS) is 10.8. The zero-order valence-corrected chi connectivity index (χ0v) is 9.91. The van der Waals surface area contributed by atoms with Gasteiger partial charge >= 0.3 is 0 Å². The summed E-state index contributed by atoms with van der Waals surface area (Å²) in [5.74, 6) is 1.09. The van der Waals surface area contributed by atoms with Gasteiger partial charge in [0, 0.05) is 6.61 Å². The van der Waals surface area contributed by atoms with Crippen LogP contribution < -0.4 is 4.74 Å². The zero-order chi connectivity index (χ0) is 11.8. The van der Waals surface area contributed by atoms with E-state index in [9.17, 15) is 4.39 Å². The first-order valence-corrected chi connectivity index (χ1v) is 5.64. The van der Waals surface area contributed by atoms with Crippen molar-refractivity contribution in [3.63, 3.8) is 0 Å². The molecule has 0 aliphatic rings. The third-order valence-corrected chi connectivity index (χ3v) is 2.15. The van der Waals surface area contributed by atoms with Crippen LogP contribution in [-0.2, 0) is 4.74 Å². The molecular formula is C13H19FO2. The van der Waals surface area contributed by atoms with E-state index in [0.717, 1.165) is 13.0 Å². The van der Waals surface area contributed by atoms with Gasteiger partial charge < -0.3 is 9.47 Å². The molecule has 2 nitrogen and oxygen atoms in total. The minimum absolute atomic E-state index is 0.250. The molecule has 0 aliphatic heterocycles. The predicted octanol–water partition coefficient (Wildman–Crippen LogP) is 3.27. The number of ether oxygens (including phenoxy) is 2. The van der Waals surface area contributed by atoms with E-state index in [0.29, 0.717) is 24.9 Å². The quantitative estimate of drug-likeness (QED) is 0.664. The van der Waals surface area contributed by atoms with E-state index in [1.54, 1.807) is 12.1 Å². The van der Waals surface area contributed by atoms with Crippen molar-refractivity contribution >= 4 is 0 Å². The van der Waals surface area contributed by atoms with Gasteiger partial charge in [-0.1, -0.05) is 13.8 Å². The van der Waals surface area contributed by atoms with E-state index in [4.69, 9.17) is 9.47 Å². The molecule has 0 spiro atoms. The molecule has 0 unspecified atom stereocenters. The summed E-state index contributed by atoms with van der Waals surface area (Å²) in [6.45, 7) is 6.18. The number of hydrogen-bond donors (Lipinski definition) is 0. The van der Waals surface area contributed by atoms with Gasteiger partial charge in [-0.3, -0.25) is 0 Å². The van der Waals surface area contributed by atoms with Crippen molar-refractivity contribution in [2.24, 2.45) is 5.92 Å². The smallest absolute Gasteiger partial charge is 0.123 e. The highest BCUT2D eigenvalue weighted by atomic mass is 19.1. The molecule has 0 saturated heterocycles. The minimum atomic E-state index is -0.250. The average molecular weight is 226 g/mol. The van der Waals surface area contributed by atoms with Gasteiger partial charge in [0.15, 0.2) is 0 Å². The largest absolute Gasteiger partial charge is 0.491 e. The Morgan fingerprint density at radius 2 is 1.75 bits per heavy atom. The van der Waals surface area contributed by atoms with Crippen molar-refractivity contribution in [2.75, 3.05) is 19.8 Å². The zero-order valence-electron chi connectivity index (χ0n) is 9.91. The third kappa shape index (κ3) is 5.71. The maximum atomic E-state index is 12.6. The topological polar surface area (TPSA) is 18.5 Å². The summed E-state index contributed by atoms with van der Waals surface area (Å²) in [5.41, 5.74) is 0. The molecule has 3 heteroatoms. The summed E-state index contributed by atoms with van der Waals surface area (Å²) in [5, 5.41) is 0. The number of halogens is 1. The lowest BCUT2D eigenvalue weighted by Crippen LogP contribution is -2.08. The highest BCUT2D eigenvalue weighted by Crippen LogP contribution is 2.10. The Morgan fingerprint density at radius 3 is 2.38 bits per heavy atom. The fourth-order valence-corrected chi connectivity index (χ4v) is 1.17. The number of hydrogen-bond acceptors (Lipinski definition) is 2. The molecule has 0 heterocycles. The fourth-order valence-electron chi connectivity index (χ4n) is 1.17. The van der Waals surface area contributed by atoms with Crippen LogP contribution in [0.15, 0.2) is 24.3 Å². The van der Waals surface area contributed by atoms with Gasteiger partial charge in [-0.15, -0.1) is 0 Å². The molecule has 0 radical (unpaired) electrons. The molecule has 0 amide bonds. The molecule has 0 N–H and O–H groups in total. The van der Waals surface area contributed by atoms with E-state index >= 15 is 0 Å². The summed E-state index contributed by atoms with van der Waals surface area (Å²) < 4.78 is 23.3. The molecule has 0 fully saturated rings. The lowest BCUT2D eigenvalue weighted by molar-refractivity contribution is 0.0925. The predicted molar refractivity (Wildman–Crippen MR) is 62.2 cm³/mol. The van der Waals surface area contributed by atoms with Crippen molar-refractivity contribution in [3.05, 3.63) is 30.1 Å². The highest BCUT2D eigenvalue weighted by molar-refractivity contribution is 5.21. The van der Waals surface area contributed by atoms with E-state index in [1.807, 2.05) is 0 Å². The van der Waals surface area contributed by atoms with Crippen LogP contribution >= 0.6 is 0 Å². The molecule has 90 valence electrons. The monoisotopic (exact) mass is 226 g/mol.